The highest BCUT2D eigenvalue weighted by atomic mass is 16.2. The Bertz CT molecular complexity index is 490. The van der Waals surface area contributed by atoms with Crippen molar-refractivity contribution in [3.8, 4) is 0 Å². The van der Waals surface area contributed by atoms with Gasteiger partial charge in [0.15, 0.2) is 5.78 Å². The fraction of sp³-hybridized carbons (Fsp3) is 0.500. The van der Waals surface area contributed by atoms with Gasteiger partial charge in [0.1, 0.15) is 0 Å². The van der Waals surface area contributed by atoms with Crippen molar-refractivity contribution in [1.29, 1.82) is 0 Å². The van der Waals surface area contributed by atoms with Gasteiger partial charge in [0.05, 0.1) is 5.69 Å². The van der Waals surface area contributed by atoms with E-state index in [1.807, 2.05) is 53.7 Å². The highest BCUT2D eigenvalue weighted by Crippen LogP contribution is 2.27. The molecule has 1 aromatic carbocycles. The number of Topliss-reactive ketones (excluding diaryl/α,β-unsaturated/α-hetero) is 1. The van der Waals surface area contributed by atoms with E-state index in [4.69, 9.17) is 0 Å². The van der Waals surface area contributed by atoms with E-state index in [0.29, 0.717) is 11.3 Å². The van der Waals surface area contributed by atoms with Gasteiger partial charge in [-0.1, -0.05) is 53.7 Å². The second kappa shape index (κ2) is 5.16. The molecule has 0 unspecified atom stereocenters. The average Bonchev–Trinajstić information content (AvgIpc) is 2.26. The third-order valence-corrected chi connectivity index (χ3v) is 2.78. The van der Waals surface area contributed by atoms with E-state index >= 15 is 0 Å². The Morgan fingerprint density at radius 3 is 1.89 bits per heavy atom. The summed E-state index contributed by atoms with van der Waals surface area (Å²) >= 11 is 0. The van der Waals surface area contributed by atoms with Crippen LogP contribution in [0.25, 0.3) is 0 Å². The van der Waals surface area contributed by atoms with E-state index in [1.54, 1.807) is 12.1 Å². The van der Waals surface area contributed by atoms with Crippen LogP contribution in [0.2, 0.25) is 0 Å². The smallest absolute Gasteiger partial charge is 0.229 e. The molecule has 0 radical (unpaired) electrons. The lowest BCUT2D eigenvalue weighted by Gasteiger charge is -2.22. The van der Waals surface area contributed by atoms with Gasteiger partial charge >= 0.3 is 0 Å². The van der Waals surface area contributed by atoms with Gasteiger partial charge in [-0.2, -0.15) is 0 Å². The summed E-state index contributed by atoms with van der Waals surface area (Å²) in [6.45, 7) is 11.1. The first-order valence-electron chi connectivity index (χ1n) is 6.49. The van der Waals surface area contributed by atoms with Gasteiger partial charge in [0.25, 0.3) is 0 Å². The number of rotatable bonds is 2. The molecule has 0 aliphatic heterocycles. The van der Waals surface area contributed by atoms with E-state index in [1.165, 1.54) is 0 Å². The molecule has 0 spiro atoms. The molecule has 0 atom stereocenters. The second-order valence-corrected chi connectivity index (χ2v) is 6.83. The van der Waals surface area contributed by atoms with Gasteiger partial charge in [0, 0.05) is 16.4 Å². The molecule has 0 aliphatic rings. The molecule has 19 heavy (non-hydrogen) atoms. The average molecular weight is 261 g/mol. The minimum atomic E-state index is -0.488. The van der Waals surface area contributed by atoms with Crippen LogP contribution in [0, 0.1) is 10.8 Å². The predicted octanol–water partition coefficient (Wildman–Crippen LogP) is 3.90. The zero-order valence-electron chi connectivity index (χ0n) is 12.6. The number of hydrogen-bond acceptors (Lipinski definition) is 2. The number of anilines is 1. The van der Waals surface area contributed by atoms with Crippen LogP contribution < -0.4 is 5.32 Å². The molecule has 0 aromatic heterocycles. The Morgan fingerprint density at radius 1 is 0.895 bits per heavy atom. The van der Waals surface area contributed by atoms with Crippen molar-refractivity contribution in [2.45, 2.75) is 41.5 Å². The van der Waals surface area contributed by atoms with E-state index in [9.17, 15) is 9.59 Å². The molecule has 1 amide bonds. The van der Waals surface area contributed by atoms with Gasteiger partial charge in [-0.05, 0) is 12.1 Å². The Hall–Kier alpha value is -1.64. The van der Waals surface area contributed by atoms with Crippen LogP contribution in [0.4, 0.5) is 5.69 Å². The molecule has 1 rings (SSSR count). The fourth-order valence-electron chi connectivity index (χ4n) is 1.50. The van der Waals surface area contributed by atoms with Crippen LogP contribution in [0.3, 0.4) is 0 Å². The number of carbonyl (C=O) groups is 2. The molecule has 0 heterocycles. The van der Waals surface area contributed by atoms with Crippen LogP contribution >= 0.6 is 0 Å². The van der Waals surface area contributed by atoms with Crippen LogP contribution in [-0.4, -0.2) is 11.7 Å². The zero-order valence-corrected chi connectivity index (χ0v) is 12.6. The minimum Gasteiger partial charge on any atom is -0.325 e. The van der Waals surface area contributed by atoms with E-state index < -0.39 is 10.8 Å². The maximum absolute atomic E-state index is 12.4. The Kier molecular flexibility index (Phi) is 4.18. The lowest BCUT2D eigenvalue weighted by molar-refractivity contribution is -0.123. The van der Waals surface area contributed by atoms with E-state index in [2.05, 4.69) is 5.32 Å². The Labute approximate surface area is 115 Å². The number of para-hydroxylation sites is 1. The quantitative estimate of drug-likeness (QED) is 0.821. The van der Waals surface area contributed by atoms with Crippen molar-refractivity contribution in [3.05, 3.63) is 29.8 Å². The number of carbonyl (C=O) groups excluding carboxylic acids is 2. The molecule has 3 heteroatoms. The Balaban J connectivity index is 3.11. The summed E-state index contributed by atoms with van der Waals surface area (Å²) in [5.74, 6) is -0.0704. The molecule has 0 saturated heterocycles. The first-order chi connectivity index (χ1) is 8.53. The molecule has 0 saturated carbocycles. The summed E-state index contributed by atoms with van der Waals surface area (Å²) in [4.78, 5) is 24.4. The van der Waals surface area contributed by atoms with E-state index in [-0.39, 0.29) is 11.7 Å². The monoisotopic (exact) mass is 261 g/mol. The molecule has 104 valence electrons. The summed E-state index contributed by atoms with van der Waals surface area (Å²) in [6.07, 6.45) is 0. The molecule has 1 N–H and O–H groups in total. The van der Waals surface area contributed by atoms with Gasteiger partial charge in [0.2, 0.25) is 5.91 Å². The van der Waals surface area contributed by atoms with Crippen molar-refractivity contribution in [3.63, 3.8) is 0 Å². The first-order valence-corrected chi connectivity index (χ1v) is 6.49. The lowest BCUT2D eigenvalue weighted by Crippen LogP contribution is -2.29. The highest BCUT2D eigenvalue weighted by molar-refractivity contribution is 6.07. The molecular formula is C16H23NO2. The van der Waals surface area contributed by atoms with Crippen LogP contribution in [-0.2, 0) is 4.79 Å². The zero-order chi connectivity index (χ0) is 14.8. The maximum atomic E-state index is 12.4. The topological polar surface area (TPSA) is 46.2 Å². The third-order valence-electron chi connectivity index (χ3n) is 2.78. The van der Waals surface area contributed by atoms with Gasteiger partial charge in [-0.15, -0.1) is 0 Å². The van der Waals surface area contributed by atoms with Gasteiger partial charge < -0.3 is 5.32 Å². The van der Waals surface area contributed by atoms with Crippen molar-refractivity contribution in [2.24, 2.45) is 10.8 Å². The highest BCUT2D eigenvalue weighted by Gasteiger charge is 2.27. The minimum absolute atomic E-state index is 0.0253. The van der Waals surface area contributed by atoms with Crippen LogP contribution in [0.5, 0.6) is 0 Å². The van der Waals surface area contributed by atoms with Crippen molar-refractivity contribution >= 4 is 17.4 Å². The normalized spacial score (nSPS) is 12.1. The maximum Gasteiger partial charge on any atom is 0.229 e. The van der Waals surface area contributed by atoms with E-state index in [0.717, 1.165) is 0 Å². The van der Waals surface area contributed by atoms with Gasteiger partial charge in [-0.3, -0.25) is 9.59 Å². The standard InChI is InChI=1S/C16H23NO2/c1-15(2,3)13(18)11-9-7-8-10-12(11)17-14(19)16(4,5)6/h7-10H,1-6H3,(H,17,19). The largest absolute Gasteiger partial charge is 0.325 e. The number of nitrogens with one attached hydrogen (secondary N) is 1. The first kappa shape index (κ1) is 15.4. The molecule has 1 aromatic rings. The lowest BCUT2D eigenvalue weighted by atomic mass is 9.85. The van der Waals surface area contributed by atoms with Crippen molar-refractivity contribution in [1.82, 2.24) is 0 Å². The molecule has 3 nitrogen and oxygen atoms in total. The molecule has 0 fully saturated rings. The summed E-state index contributed by atoms with van der Waals surface area (Å²) in [7, 11) is 0. The third kappa shape index (κ3) is 3.91. The van der Waals surface area contributed by atoms with Crippen molar-refractivity contribution in [2.75, 3.05) is 5.32 Å². The number of benzene rings is 1. The van der Waals surface area contributed by atoms with Crippen LogP contribution in [0.15, 0.2) is 24.3 Å². The number of ketones is 1. The predicted molar refractivity (Wildman–Crippen MR) is 78.3 cm³/mol. The summed E-state index contributed by atoms with van der Waals surface area (Å²) < 4.78 is 0. The fourth-order valence-corrected chi connectivity index (χ4v) is 1.50. The van der Waals surface area contributed by atoms with Crippen molar-refractivity contribution < 1.29 is 9.59 Å². The number of hydrogen-bond donors (Lipinski definition) is 1. The number of amides is 1. The SMILES string of the molecule is CC(C)(C)C(=O)Nc1ccccc1C(=O)C(C)(C)C. The van der Waals surface area contributed by atoms with Gasteiger partial charge in [-0.25, -0.2) is 0 Å². The summed E-state index contributed by atoms with van der Waals surface area (Å²) in [5, 5.41) is 2.84. The molecule has 0 aliphatic carbocycles. The summed E-state index contributed by atoms with van der Waals surface area (Å²) in [6, 6.07) is 7.15. The second-order valence-electron chi connectivity index (χ2n) is 6.83. The molecule has 0 bridgehead atoms. The summed E-state index contributed by atoms with van der Waals surface area (Å²) in [5.41, 5.74) is 0.190. The molecular weight excluding hydrogens is 238 g/mol. The van der Waals surface area contributed by atoms with Crippen LogP contribution in [0.1, 0.15) is 51.9 Å². The Morgan fingerprint density at radius 2 is 1.42 bits per heavy atom.